The Kier molecular flexibility index (Phi) is 11.4. The highest BCUT2D eigenvalue weighted by Crippen LogP contribution is 2.19. The average molecular weight is 571 g/mol. The van der Waals surface area contributed by atoms with E-state index in [0.29, 0.717) is 40.4 Å². The van der Waals surface area contributed by atoms with Gasteiger partial charge in [0.15, 0.2) is 24.0 Å². The number of hydrogen-bond acceptors (Lipinski definition) is 9. The van der Waals surface area contributed by atoms with Gasteiger partial charge in [0.05, 0.1) is 6.61 Å². The van der Waals surface area contributed by atoms with Crippen molar-refractivity contribution in [3.8, 4) is 23.0 Å². The molecule has 0 fully saturated rings. The zero-order chi connectivity index (χ0) is 30.5. The first-order valence-electron chi connectivity index (χ1n) is 12.9. The number of phenols is 2. The summed E-state index contributed by atoms with van der Waals surface area (Å²) in [5.74, 6) is 0.446. The van der Waals surface area contributed by atoms with E-state index in [1.807, 2.05) is 0 Å². The Labute approximate surface area is 242 Å². The lowest BCUT2D eigenvalue weighted by atomic mass is 10.0. The maximum Gasteiger partial charge on any atom is 0.344 e. The van der Waals surface area contributed by atoms with Gasteiger partial charge in [0.2, 0.25) is 0 Å². The van der Waals surface area contributed by atoms with Crippen molar-refractivity contribution in [2.75, 3.05) is 19.8 Å². The fourth-order valence-corrected chi connectivity index (χ4v) is 3.49. The van der Waals surface area contributed by atoms with Gasteiger partial charge < -0.3 is 24.4 Å². The average Bonchev–Trinajstić information content (AvgIpc) is 3.00. The topological polar surface area (TPSA) is 136 Å². The van der Waals surface area contributed by atoms with Crippen LogP contribution in [-0.4, -0.2) is 53.4 Å². The SMILES string of the molecule is CCOC(=O)COc1ccc(C(=O)c2ccc(OCC(C)=O)cc2)cc1.O=C(c1ccc(O)cc1)c1ccc(O)cc1. The number of ketones is 3. The van der Waals surface area contributed by atoms with Crippen molar-refractivity contribution >= 4 is 23.3 Å². The van der Waals surface area contributed by atoms with Crippen LogP contribution in [0.5, 0.6) is 23.0 Å². The first kappa shape index (κ1) is 31.1. The van der Waals surface area contributed by atoms with Crippen LogP contribution in [0.4, 0.5) is 0 Å². The molecule has 0 aromatic heterocycles. The van der Waals surface area contributed by atoms with Crippen LogP contribution in [-0.2, 0) is 14.3 Å². The van der Waals surface area contributed by atoms with Crippen molar-refractivity contribution in [1.29, 1.82) is 0 Å². The summed E-state index contributed by atoms with van der Waals surface area (Å²) in [7, 11) is 0. The van der Waals surface area contributed by atoms with Crippen LogP contribution in [0.15, 0.2) is 97.1 Å². The number of rotatable bonds is 11. The molecule has 0 saturated heterocycles. The van der Waals surface area contributed by atoms with Crippen molar-refractivity contribution in [2.24, 2.45) is 0 Å². The minimum atomic E-state index is -0.445. The van der Waals surface area contributed by atoms with E-state index < -0.39 is 5.97 Å². The molecule has 0 aliphatic heterocycles. The second kappa shape index (κ2) is 15.4. The van der Waals surface area contributed by atoms with Crippen LogP contribution < -0.4 is 9.47 Å². The van der Waals surface area contributed by atoms with Crippen molar-refractivity contribution in [3.63, 3.8) is 0 Å². The maximum atomic E-state index is 12.5. The number of aromatic hydroxyl groups is 2. The molecule has 0 amide bonds. The third-order valence-electron chi connectivity index (χ3n) is 5.60. The number of esters is 1. The van der Waals surface area contributed by atoms with Gasteiger partial charge in [-0.3, -0.25) is 14.4 Å². The zero-order valence-corrected chi connectivity index (χ0v) is 23.1. The van der Waals surface area contributed by atoms with E-state index in [2.05, 4.69) is 0 Å². The summed E-state index contributed by atoms with van der Waals surface area (Å²) in [6, 6.07) is 25.2. The summed E-state index contributed by atoms with van der Waals surface area (Å²) in [5, 5.41) is 18.2. The number of ether oxygens (including phenoxy) is 3. The first-order valence-corrected chi connectivity index (χ1v) is 12.9. The van der Waals surface area contributed by atoms with Crippen LogP contribution in [0.2, 0.25) is 0 Å². The largest absolute Gasteiger partial charge is 0.508 e. The molecule has 0 spiro atoms. The van der Waals surface area contributed by atoms with Crippen molar-refractivity contribution in [3.05, 3.63) is 119 Å². The van der Waals surface area contributed by atoms with Crippen LogP contribution in [0.25, 0.3) is 0 Å². The van der Waals surface area contributed by atoms with E-state index in [1.165, 1.54) is 31.2 Å². The lowest BCUT2D eigenvalue weighted by molar-refractivity contribution is -0.145. The molecule has 42 heavy (non-hydrogen) atoms. The third-order valence-corrected chi connectivity index (χ3v) is 5.60. The van der Waals surface area contributed by atoms with Gasteiger partial charge in [-0.05, 0) is 111 Å². The highest BCUT2D eigenvalue weighted by atomic mass is 16.6. The van der Waals surface area contributed by atoms with Gasteiger partial charge in [-0.25, -0.2) is 4.79 Å². The van der Waals surface area contributed by atoms with Gasteiger partial charge in [0.25, 0.3) is 0 Å². The normalized spacial score (nSPS) is 10.0. The molecule has 0 aliphatic carbocycles. The predicted octanol–water partition coefficient (Wildman–Crippen LogP) is 5.16. The van der Waals surface area contributed by atoms with Gasteiger partial charge in [-0.15, -0.1) is 0 Å². The highest BCUT2D eigenvalue weighted by molar-refractivity contribution is 6.09. The second-order valence-corrected chi connectivity index (χ2v) is 8.89. The number of carbonyl (C=O) groups excluding carboxylic acids is 4. The van der Waals surface area contributed by atoms with Crippen molar-refractivity contribution in [2.45, 2.75) is 13.8 Å². The molecule has 9 nitrogen and oxygen atoms in total. The van der Waals surface area contributed by atoms with Crippen LogP contribution in [0.3, 0.4) is 0 Å². The van der Waals surface area contributed by atoms with Crippen LogP contribution in [0.1, 0.15) is 45.7 Å². The van der Waals surface area contributed by atoms with Gasteiger partial charge in [0, 0.05) is 22.3 Å². The summed E-state index contributed by atoms with van der Waals surface area (Å²) < 4.78 is 15.3. The van der Waals surface area contributed by atoms with E-state index in [4.69, 9.17) is 24.4 Å². The standard InChI is InChI=1S/C20H20O6.C13H10O3/c1-3-24-19(22)13-26-18-10-6-16(7-11-18)20(23)15-4-8-17(9-5-15)25-12-14(2)21;14-11-5-1-9(2-6-11)13(16)10-3-7-12(15)8-4-10/h4-11H,3,12-13H2,1-2H3;1-8,14-15H. The van der Waals surface area contributed by atoms with E-state index in [0.717, 1.165) is 0 Å². The fourth-order valence-electron chi connectivity index (χ4n) is 3.49. The Morgan fingerprint density at radius 1 is 0.548 bits per heavy atom. The van der Waals surface area contributed by atoms with E-state index in [9.17, 15) is 19.2 Å². The predicted molar refractivity (Wildman–Crippen MR) is 154 cm³/mol. The molecule has 0 atom stereocenters. The highest BCUT2D eigenvalue weighted by Gasteiger charge is 2.11. The first-order chi connectivity index (χ1) is 20.2. The zero-order valence-electron chi connectivity index (χ0n) is 23.1. The number of carbonyl (C=O) groups is 4. The minimum Gasteiger partial charge on any atom is -0.508 e. The van der Waals surface area contributed by atoms with Crippen LogP contribution >= 0.6 is 0 Å². The lowest BCUT2D eigenvalue weighted by Crippen LogP contribution is -2.14. The minimum absolute atomic E-state index is 0.000550. The number of Topliss-reactive ketones (excluding diaryl/α,β-unsaturated/α-hetero) is 1. The number of hydrogen-bond donors (Lipinski definition) is 2. The molecule has 0 saturated carbocycles. The second-order valence-electron chi connectivity index (χ2n) is 8.89. The third kappa shape index (κ3) is 9.63. The van der Waals surface area contributed by atoms with E-state index in [-0.39, 0.29) is 42.1 Å². The van der Waals surface area contributed by atoms with Crippen molar-refractivity contribution < 1.29 is 43.6 Å². The molecule has 2 N–H and O–H groups in total. The Bertz CT molecular complexity index is 1440. The fraction of sp³-hybridized carbons (Fsp3) is 0.152. The summed E-state index contributed by atoms with van der Waals surface area (Å²) in [4.78, 5) is 46.5. The molecule has 0 bridgehead atoms. The van der Waals surface area contributed by atoms with Gasteiger partial charge in [-0.1, -0.05) is 0 Å². The molecule has 216 valence electrons. The summed E-state index contributed by atoms with van der Waals surface area (Å²) in [5.41, 5.74) is 2.00. The summed E-state index contributed by atoms with van der Waals surface area (Å²) >= 11 is 0. The summed E-state index contributed by atoms with van der Waals surface area (Å²) in [6.07, 6.45) is 0. The Morgan fingerprint density at radius 2 is 0.881 bits per heavy atom. The molecule has 4 rings (SSSR count). The Balaban J connectivity index is 0.000000258. The van der Waals surface area contributed by atoms with E-state index in [1.54, 1.807) is 79.7 Å². The maximum absolute atomic E-state index is 12.5. The molecular formula is C33H30O9. The molecule has 4 aromatic rings. The molecule has 4 aromatic carbocycles. The number of phenolic OH excluding ortho intramolecular Hbond substituents is 2. The van der Waals surface area contributed by atoms with Crippen molar-refractivity contribution in [1.82, 2.24) is 0 Å². The smallest absolute Gasteiger partial charge is 0.344 e. The van der Waals surface area contributed by atoms with Gasteiger partial charge in [-0.2, -0.15) is 0 Å². The monoisotopic (exact) mass is 570 g/mol. The quantitative estimate of drug-likeness (QED) is 0.185. The van der Waals surface area contributed by atoms with Gasteiger partial charge >= 0.3 is 5.97 Å². The molecule has 0 radical (unpaired) electrons. The van der Waals surface area contributed by atoms with Gasteiger partial charge in [0.1, 0.15) is 29.6 Å². The number of benzene rings is 4. The molecule has 9 heteroatoms. The lowest BCUT2D eigenvalue weighted by Gasteiger charge is -2.07. The summed E-state index contributed by atoms with van der Waals surface area (Å²) in [6.45, 7) is 3.29. The molecule has 0 unspecified atom stereocenters. The molecular weight excluding hydrogens is 540 g/mol. The molecule has 0 heterocycles. The van der Waals surface area contributed by atoms with E-state index >= 15 is 0 Å². The Hall–Kier alpha value is -5.44. The Morgan fingerprint density at radius 3 is 1.21 bits per heavy atom. The van der Waals surface area contributed by atoms with Crippen LogP contribution in [0, 0.1) is 0 Å². The molecule has 0 aliphatic rings.